The zero-order valence-corrected chi connectivity index (χ0v) is 15.1. The van der Waals surface area contributed by atoms with Gasteiger partial charge in [0.15, 0.2) is 5.82 Å². The number of methoxy groups -OCH3 is 1. The van der Waals surface area contributed by atoms with Crippen molar-refractivity contribution in [3.05, 3.63) is 48.4 Å². The van der Waals surface area contributed by atoms with E-state index in [0.29, 0.717) is 31.6 Å². The molecule has 1 aromatic heterocycles. The van der Waals surface area contributed by atoms with Crippen LogP contribution < -0.4 is 5.32 Å². The van der Waals surface area contributed by atoms with Gasteiger partial charge in [0.1, 0.15) is 12.1 Å². The summed E-state index contributed by atoms with van der Waals surface area (Å²) in [6, 6.07) is 8.50. The Balaban J connectivity index is 1.89. The van der Waals surface area contributed by atoms with E-state index in [1.165, 1.54) is 13.4 Å². The van der Waals surface area contributed by atoms with Crippen LogP contribution >= 0.6 is 0 Å². The molecule has 2 aromatic rings. The number of likely N-dealkylation sites (tertiary alicyclic amines) is 1. The van der Waals surface area contributed by atoms with Gasteiger partial charge in [0, 0.05) is 19.2 Å². The van der Waals surface area contributed by atoms with Gasteiger partial charge in [0.05, 0.1) is 13.4 Å². The number of hydrogen-bond acceptors (Lipinski definition) is 5. The summed E-state index contributed by atoms with van der Waals surface area (Å²) in [5, 5.41) is 2.48. The first-order chi connectivity index (χ1) is 13.1. The van der Waals surface area contributed by atoms with Crippen molar-refractivity contribution < 1.29 is 19.1 Å². The van der Waals surface area contributed by atoms with Crippen molar-refractivity contribution in [2.45, 2.75) is 31.3 Å². The van der Waals surface area contributed by atoms with Crippen molar-refractivity contribution in [3.63, 3.8) is 0 Å². The van der Waals surface area contributed by atoms with Gasteiger partial charge in [-0.05, 0) is 18.4 Å². The maximum absolute atomic E-state index is 13.3. The molecule has 2 atom stereocenters. The largest absolute Gasteiger partial charge is 0.467 e. The van der Waals surface area contributed by atoms with Crippen molar-refractivity contribution in [2.75, 3.05) is 19.0 Å². The van der Waals surface area contributed by atoms with Gasteiger partial charge in [-0.1, -0.05) is 30.3 Å². The Bertz CT molecular complexity index is 805. The Hall–Kier alpha value is -3.16. The number of nitrogens with zero attached hydrogens (tertiary/aromatic N) is 3. The molecule has 0 aliphatic carbocycles. The molecule has 8 heteroatoms. The third-order valence-corrected chi connectivity index (χ3v) is 4.73. The zero-order chi connectivity index (χ0) is 19.2. The van der Waals surface area contributed by atoms with Crippen molar-refractivity contribution in [3.8, 4) is 0 Å². The van der Waals surface area contributed by atoms with Crippen LogP contribution in [-0.2, 0) is 25.5 Å². The Kier molecular flexibility index (Phi) is 5.85. The van der Waals surface area contributed by atoms with Crippen LogP contribution in [-0.4, -0.2) is 52.4 Å². The fraction of sp³-hybridized carbons (Fsp3) is 0.368. The van der Waals surface area contributed by atoms with Gasteiger partial charge in [-0.2, -0.15) is 0 Å². The number of anilines is 1. The average molecular weight is 370 g/mol. The standard InChI is InChI=1S/C19H22N4O4/c1-27-19(26)15-8-5-9-23(15)18(25)16(10-14-6-3-2-4-7-14)22-11-17(20-12-22)21-13-24/h2-4,6-7,11-13,15-16H,5,8-10H2,1H3,(H,21,24)/t15-,16?/m0/s1. The SMILES string of the molecule is COC(=O)[C@@H]1CCCN1C(=O)C(Cc1ccccc1)n1cnc(NC=O)c1. The van der Waals surface area contributed by atoms with Crippen LogP contribution in [0, 0.1) is 0 Å². The fourth-order valence-electron chi connectivity index (χ4n) is 3.40. The van der Waals surface area contributed by atoms with E-state index >= 15 is 0 Å². The first kappa shape index (κ1) is 18.6. The van der Waals surface area contributed by atoms with Gasteiger partial charge >= 0.3 is 5.97 Å². The summed E-state index contributed by atoms with van der Waals surface area (Å²) in [6.45, 7) is 0.512. The first-order valence-electron chi connectivity index (χ1n) is 8.80. The molecule has 1 fully saturated rings. The lowest BCUT2D eigenvalue weighted by Crippen LogP contribution is -2.45. The maximum Gasteiger partial charge on any atom is 0.328 e. The summed E-state index contributed by atoms with van der Waals surface area (Å²) in [5.74, 6) is -0.197. The molecule has 0 spiro atoms. The number of benzene rings is 1. The monoisotopic (exact) mass is 370 g/mol. The normalized spacial score (nSPS) is 17.4. The number of hydrogen-bond donors (Lipinski definition) is 1. The average Bonchev–Trinajstić information content (AvgIpc) is 3.36. The lowest BCUT2D eigenvalue weighted by molar-refractivity contribution is -0.152. The Labute approximate surface area is 157 Å². The van der Waals surface area contributed by atoms with Gasteiger partial charge in [-0.25, -0.2) is 9.78 Å². The number of esters is 1. The predicted octanol–water partition coefficient (Wildman–Crippen LogP) is 1.40. The lowest BCUT2D eigenvalue weighted by Gasteiger charge is -2.28. The minimum Gasteiger partial charge on any atom is -0.467 e. The van der Waals surface area contributed by atoms with Crippen LogP contribution in [0.15, 0.2) is 42.9 Å². The van der Waals surface area contributed by atoms with E-state index in [9.17, 15) is 14.4 Å². The van der Waals surface area contributed by atoms with Crippen molar-refractivity contribution in [1.29, 1.82) is 0 Å². The molecule has 1 aliphatic heterocycles. The third kappa shape index (κ3) is 4.16. The maximum atomic E-state index is 13.3. The van der Waals surface area contributed by atoms with Gasteiger partial charge in [0.2, 0.25) is 12.3 Å². The second-order valence-electron chi connectivity index (χ2n) is 6.39. The van der Waals surface area contributed by atoms with Crippen molar-refractivity contribution in [2.24, 2.45) is 0 Å². The van der Waals surface area contributed by atoms with Gasteiger partial charge in [0.25, 0.3) is 0 Å². The van der Waals surface area contributed by atoms with E-state index in [2.05, 4.69) is 10.3 Å². The van der Waals surface area contributed by atoms with E-state index in [4.69, 9.17) is 4.74 Å². The Morgan fingerprint density at radius 2 is 2.15 bits per heavy atom. The molecule has 1 aliphatic rings. The number of imidazole rings is 1. The molecule has 0 saturated carbocycles. The lowest BCUT2D eigenvalue weighted by atomic mass is 10.0. The summed E-state index contributed by atoms with van der Waals surface area (Å²) in [7, 11) is 1.33. The van der Waals surface area contributed by atoms with Crippen LogP contribution in [0.1, 0.15) is 24.4 Å². The van der Waals surface area contributed by atoms with Gasteiger partial charge in [-0.3, -0.25) is 9.59 Å². The highest BCUT2D eigenvalue weighted by Crippen LogP contribution is 2.25. The second-order valence-corrected chi connectivity index (χ2v) is 6.39. The number of amides is 2. The summed E-state index contributed by atoms with van der Waals surface area (Å²) in [6.07, 6.45) is 5.46. The topological polar surface area (TPSA) is 93.5 Å². The molecule has 0 radical (unpaired) electrons. The molecule has 0 bridgehead atoms. The number of carbonyl (C=O) groups is 3. The van der Waals surface area contributed by atoms with Crippen LogP contribution in [0.25, 0.3) is 0 Å². The Morgan fingerprint density at radius 3 is 2.85 bits per heavy atom. The highest BCUT2D eigenvalue weighted by atomic mass is 16.5. The van der Waals surface area contributed by atoms with E-state index in [-0.39, 0.29) is 5.91 Å². The molecule has 1 N–H and O–H groups in total. The van der Waals surface area contributed by atoms with Crippen LogP contribution in [0.3, 0.4) is 0 Å². The number of carbonyl (C=O) groups excluding carboxylic acids is 3. The van der Waals surface area contributed by atoms with Crippen LogP contribution in [0.2, 0.25) is 0 Å². The number of nitrogens with one attached hydrogen (secondary N) is 1. The van der Waals surface area contributed by atoms with E-state index in [1.54, 1.807) is 15.7 Å². The molecule has 1 aromatic carbocycles. The van der Waals surface area contributed by atoms with Gasteiger partial charge in [-0.15, -0.1) is 0 Å². The predicted molar refractivity (Wildman–Crippen MR) is 97.8 cm³/mol. The molecular weight excluding hydrogens is 348 g/mol. The fourth-order valence-corrected chi connectivity index (χ4v) is 3.40. The summed E-state index contributed by atoms with van der Waals surface area (Å²) in [5.41, 5.74) is 0.989. The van der Waals surface area contributed by atoms with E-state index in [0.717, 1.165) is 12.0 Å². The molecule has 8 nitrogen and oxygen atoms in total. The van der Waals surface area contributed by atoms with E-state index < -0.39 is 18.1 Å². The molecule has 2 amide bonds. The molecule has 1 unspecified atom stereocenters. The second kappa shape index (κ2) is 8.48. The highest BCUT2D eigenvalue weighted by molar-refractivity contribution is 5.87. The van der Waals surface area contributed by atoms with Crippen LogP contribution in [0.5, 0.6) is 0 Å². The molecule has 142 valence electrons. The molecule has 3 rings (SSSR count). The number of rotatable bonds is 7. The minimum absolute atomic E-state index is 0.165. The van der Waals surface area contributed by atoms with Crippen LogP contribution in [0.4, 0.5) is 5.82 Å². The molecular formula is C19H22N4O4. The summed E-state index contributed by atoms with van der Waals surface area (Å²) >= 11 is 0. The Morgan fingerprint density at radius 1 is 1.37 bits per heavy atom. The zero-order valence-electron chi connectivity index (χ0n) is 15.1. The van der Waals surface area contributed by atoms with Crippen molar-refractivity contribution >= 4 is 24.1 Å². The van der Waals surface area contributed by atoms with E-state index in [1.807, 2.05) is 30.3 Å². The van der Waals surface area contributed by atoms with Crippen molar-refractivity contribution in [1.82, 2.24) is 14.5 Å². The number of aromatic nitrogens is 2. The van der Waals surface area contributed by atoms with Gasteiger partial charge < -0.3 is 19.5 Å². The molecule has 2 heterocycles. The molecule has 1 saturated heterocycles. The summed E-state index contributed by atoms with van der Waals surface area (Å²) in [4.78, 5) is 41.7. The highest BCUT2D eigenvalue weighted by Gasteiger charge is 2.38. The summed E-state index contributed by atoms with van der Waals surface area (Å²) < 4.78 is 6.53. The smallest absolute Gasteiger partial charge is 0.328 e. The quantitative estimate of drug-likeness (QED) is 0.587. The minimum atomic E-state index is -0.577. The first-order valence-corrected chi connectivity index (χ1v) is 8.80. The third-order valence-electron chi connectivity index (χ3n) is 4.73. The number of ether oxygens (including phenoxy) is 1. The molecule has 27 heavy (non-hydrogen) atoms.